The van der Waals surface area contributed by atoms with E-state index >= 15 is 0 Å². The minimum absolute atomic E-state index is 0.0219. The van der Waals surface area contributed by atoms with Crippen molar-refractivity contribution in [3.8, 4) is 0 Å². The van der Waals surface area contributed by atoms with Crippen LogP contribution in [0.1, 0.15) is 47.4 Å². The van der Waals surface area contributed by atoms with Gasteiger partial charge < -0.3 is 10.0 Å². The third-order valence-electron chi connectivity index (χ3n) is 3.68. The highest BCUT2D eigenvalue weighted by molar-refractivity contribution is 5.95. The first-order valence-corrected chi connectivity index (χ1v) is 6.86. The van der Waals surface area contributed by atoms with Crippen molar-refractivity contribution in [2.75, 3.05) is 13.2 Å². The number of rotatable bonds is 3. The Morgan fingerprint density at radius 3 is 2.95 bits per heavy atom. The fourth-order valence-corrected chi connectivity index (χ4v) is 2.64. The molecule has 1 aromatic rings. The van der Waals surface area contributed by atoms with Crippen LogP contribution in [-0.2, 0) is 0 Å². The molecule has 104 valence electrons. The van der Waals surface area contributed by atoms with Gasteiger partial charge in [-0.1, -0.05) is 0 Å². The van der Waals surface area contributed by atoms with Gasteiger partial charge in [0.1, 0.15) is 0 Å². The molecule has 2 heterocycles. The van der Waals surface area contributed by atoms with Crippen LogP contribution in [0.3, 0.4) is 0 Å². The fraction of sp³-hybridized carbons (Fsp3) is 0.643. The monoisotopic (exact) mass is 263 g/mol. The van der Waals surface area contributed by atoms with E-state index in [1.807, 2.05) is 18.7 Å². The molecule has 5 nitrogen and oxygen atoms in total. The minimum Gasteiger partial charge on any atom is -0.396 e. The molecule has 0 bridgehead atoms. The highest BCUT2D eigenvalue weighted by Gasteiger charge is 2.28. The summed E-state index contributed by atoms with van der Waals surface area (Å²) in [6, 6.07) is 1.95. The second kappa shape index (κ2) is 6.10. The number of carbonyl (C=O) groups excluding carboxylic acids is 1. The summed E-state index contributed by atoms with van der Waals surface area (Å²) in [5, 5.41) is 17.1. The van der Waals surface area contributed by atoms with Gasteiger partial charge in [-0.15, -0.1) is 0 Å². The summed E-state index contributed by atoms with van der Waals surface area (Å²) in [5.41, 5.74) is 2.06. The molecule has 2 rings (SSSR count). The third-order valence-corrected chi connectivity index (χ3v) is 3.68. The second-order valence-corrected chi connectivity index (χ2v) is 5.15. The molecular formula is C14H21N3O2. The zero-order valence-electron chi connectivity index (χ0n) is 11.6. The van der Waals surface area contributed by atoms with Gasteiger partial charge in [0.05, 0.1) is 17.0 Å². The lowest BCUT2D eigenvalue weighted by molar-refractivity contribution is 0.0573. The normalized spacial score (nSPS) is 19.5. The average molecular weight is 263 g/mol. The Labute approximate surface area is 113 Å². The maximum atomic E-state index is 12.6. The molecule has 0 radical (unpaired) electrons. The van der Waals surface area contributed by atoms with Crippen LogP contribution in [0.25, 0.3) is 0 Å². The second-order valence-electron chi connectivity index (χ2n) is 5.15. The highest BCUT2D eigenvalue weighted by Crippen LogP contribution is 2.22. The van der Waals surface area contributed by atoms with Crippen LogP contribution in [0.15, 0.2) is 6.07 Å². The Balaban J connectivity index is 2.23. The van der Waals surface area contributed by atoms with Gasteiger partial charge in [0.2, 0.25) is 0 Å². The van der Waals surface area contributed by atoms with Gasteiger partial charge in [0, 0.05) is 19.2 Å². The van der Waals surface area contributed by atoms with E-state index in [9.17, 15) is 4.79 Å². The number of likely N-dealkylation sites (tertiary alicyclic amines) is 1. The lowest BCUT2D eigenvalue weighted by Crippen LogP contribution is -2.44. The standard InChI is InChI=1S/C14H21N3O2/c1-10-9-13(11(2)16-15-10)14(19)17-7-4-3-5-12(17)6-8-18/h9,12,18H,3-8H2,1-2H3. The van der Waals surface area contributed by atoms with Crippen LogP contribution >= 0.6 is 0 Å². The number of amides is 1. The minimum atomic E-state index is 0.0219. The van der Waals surface area contributed by atoms with Gasteiger partial charge in [0.25, 0.3) is 5.91 Å². The van der Waals surface area contributed by atoms with Gasteiger partial charge in [-0.05, 0) is 45.6 Å². The molecule has 0 spiro atoms. The van der Waals surface area contributed by atoms with E-state index < -0.39 is 0 Å². The number of nitrogens with zero attached hydrogens (tertiary/aromatic N) is 3. The number of carbonyl (C=O) groups is 1. The molecular weight excluding hydrogens is 242 g/mol. The van der Waals surface area contributed by atoms with Gasteiger partial charge in [-0.25, -0.2) is 0 Å². The molecule has 1 N–H and O–H groups in total. The first kappa shape index (κ1) is 13.9. The van der Waals surface area contributed by atoms with E-state index in [1.54, 1.807) is 6.07 Å². The van der Waals surface area contributed by atoms with E-state index in [1.165, 1.54) is 0 Å². The van der Waals surface area contributed by atoms with Gasteiger partial charge in [0.15, 0.2) is 0 Å². The molecule has 1 saturated heterocycles. The topological polar surface area (TPSA) is 66.3 Å². The van der Waals surface area contributed by atoms with Gasteiger partial charge in [-0.2, -0.15) is 10.2 Å². The van der Waals surface area contributed by atoms with Crippen molar-refractivity contribution in [2.24, 2.45) is 0 Å². The summed E-state index contributed by atoms with van der Waals surface area (Å²) >= 11 is 0. The molecule has 5 heteroatoms. The van der Waals surface area contributed by atoms with Crippen molar-refractivity contribution in [1.82, 2.24) is 15.1 Å². The Hall–Kier alpha value is -1.49. The molecule has 0 aromatic carbocycles. The van der Waals surface area contributed by atoms with Gasteiger partial charge >= 0.3 is 0 Å². The van der Waals surface area contributed by atoms with E-state index in [-0.39, 0.29) is 18.6 Å². The molecule has 0 saturated carbocycles. The predicted octanol–water partition coefficient (Wildman–Crippen LogP) is 1.47. The Morgan fingerprint density at radius 2 is 2.21 bits per heavy atom. The molecule has 1 unspecified atom stereocenters. The molecule has 1 aromatic heterocycles. The zero-order chi connectivity index (χ0) is 13.8. The first-order chi connectivity index (χ1) is 9.13. The molecule has 1 atom stereocenters. The summed E-state index contributed by atoms with van der Waals surface area (Å²) in [6.45, 7) is 4.54. The SMILES string of the molecule is Cc1cc(C(=O)N2CCCCC2CCO)c(C)nn1. The summed E-state index contributed by atoms with van der Waals surface area (Å²) in [6.07, 6.45) is 3.79. The van der Waals surface area contributed by atoms with Crippen molar-refractivity contribution in [3.63, 3.8) is 0 Å². The van der Waals surface area contributed by atoms with Crippen LogP contribution in [0.4, 0.5) is 0 Å². The number of aliphatic hydroxyl groups is 1. The number of hydrogen-bond donors (Lipinski definition) is 1. The predicted molar refractivity (Wildman–Crippen MR) is 71.9 cm³/mol. The molecule has 1 aliphatic heterocycles. The van der Waals surface area contributed by atoms with E-state index in [2.05, 4.69) is 10.2 Å². The van der Waals surface area contributed by atoms with Crippen molar-refractivity contribution >= 4 is 5.91 Å². The quantitative estimate of drug-likeness (QED) is 0.896. The van der Waals surface area contributed by atoms with E-state index in [0.717, 1.165) is 31.5 Å². The number of aromatic nitrogens is 2. The van der Waals surface area contributed by atoms with E-state index in [4.69, 9.17) is 5.11 Å². The summed E-state index contributed by atoms with van der Waals surface area (Å²) in [7, 11) is 0. The fourth-order valence-electron chi connectivity index (χ4n) is 2.64. The lowest BCUT2D eigenvalue weighted by atomic mass is 9.98. The van der Waals surface area contributed by atoms with Crippen molar-refractivity contribution in [3.05, 3.63) is 23.0 Å². The smallest absolute Gasteiger partial charge is 0.256 e. The van der Waals surface area contributed by atoms with Crippen LogP contribution in [-0.4, -0.2) is 45.3 Å². The lowest BCUT2D eigenvalue weighted by Gasteiger charge is -2.35. The van der Waals surface area contributed by atoms with Crippen LogP contribution in [0.5, 0.6) is 0 Å². The average Bonchev–Trinajstić information content (AvgIpc) is 2.42. The molecule has 1 fully saturated rings. The maximum absolute atomic E-state index is 12.6. The summed E-state index contributed by atoms with van der Waals surface area (Å²) < 4.78 is 0. The molecule has 19 heavy (non-hydrogen) atoms. The Bertz CT molecular complexity index is 460. The Morgan fingerprint density at radius 1 is 1.42 bits per heavy atom. The van der Waals surface area contributed by atoms with Crippen LogP contribution in [0.2, 0.25) is 0 Å². The molecule has 1 aliphatic rings. The number of aliphatic hydroxyl groups excluding tert-OH is 1. The number of hydrogen-bond acceptors (Lipinski definition) is 4. The van der Waals surface area contributed by atoms with Crippen LogP contribution in [0, 0.1) is 13.8 Å². The summed E-state index contributed by atoms with van der Waals surface area (Å²) in [5.74, 6) is 0.0219. The molecule has 1 amide bonds. The van der Waals surface area contributed by atoms with Crippen molar-refractivity contribution in [2.45, 2.75) is 45.6 Å². The van der Waals surface area contributed by atoms with E-state index in [0.29, 0.717) is 17.7 Å². The zero-order valence-corrected chi connectivity index (χ0v) is 11.6. The number of aryl methyl sites for hydroxylation is 2. The van der Waals surface area contributed by atoms with Gasteiger partial charge in [-0.3, -0.25) is 4.79 Å². The largest absolute Gasteiger partial charge is 0.396 e. The first-order valence-electron chi connectivity index (χ1n) is 6.86. The number of piperidine rings is 1. The maximum Gasteiger partial charge on any atom is 0.256 e. The molecule has 0 aliphatic carbocycles. The van der Waals surface area contributed by atoms with Crippen molar-refractivity contribution < 1.29 is 9.90 Å². The summed E-state index contributed by atoms with van der Waals surface area (Å²) in [4.78, 5) is 14.5. The third kappa shape index (κ3) is 3.10. The van der Waals surface area contributed by atoms with Crippen LogP contribution < -0.4 is 0 Å². The Kier molecular flexibility index (Phi) is 4.47. The highest BCUT2D eigenvalue weighted by atomic mass is 16.3. The van der Waals surface area contributed by atoms with Crippen molar-refractivity contribution in [1.29, 1.82) is 0 Å².